The zero-order valence-electron chi connectivity index (χ0n) is 12.0. The monoisotopic (exact) mass is 278 g/mol. The van der Waals surface area contributed by atoms with Crippen molar-refractivity contribution in [3.05, 3.63) is 78.1 Å². The number of hydrogen-bond donors (Lipinski definition) is 1. The number of aromatic nitrogens is 3. The lowest BCUT2D eigenvalue weighted by atomic mass is 10.1. The van der Waals surface area contributed by atoms with Gasteiger partial charge in [-0.3, -0.25) is 4.98 Å². The predicted molar refractivity (Wildman–Crippen MR) is 84.1 cm³/mol. The van der Waals surface area contributed by atoms with E-state index in [1.165, 1.54) is 16.7 Å². The Morgan fingerprint density at radius 3 is 2.90 bits per heavy atom. The molecule has 3 aromatic rings. The Labute approximate surface area is 124 Å². The number of nitrogens with zero attached hydrogens (tertiary/aromatic N) is 3. The molecule has 4 nitrogen and oxygen atoms in total. The molecular weight excluding hydrogens is 260 g/mol. The molecule has 0 unspecified atom stereocenters. The Bertz CT molecular complexity index is 704. The normalized spacial score (nSPS) is 10.5. The van der Waals surface area contributed by atoms with Gasteiger partial charge in [0.05, 0.1) is 6.33 Å². The standard InChI is InChI=1S/C17H18N4/c1-14-5-6-18-10-16(14)11-20-17-4-2-3-15(9-17)12-21-8-7-19-13-21/h2-10,13,20H,11-12H2,1H3. The van der Waals surface area contributed by atoms with Gasteiger partial charge >= 0.3 is 0 Å². The molecule has 0 bridgehead atoms. The molecule has 2 heterocycles. The number of hydrogen-bond acceptors (Lipinski definition) is 3. The van der Waals surface area contributed by atoms with E-state index in [-0.39, 0.29) is 0 Å². The van der Waals surface area contributed by atoms with Crippen molar-refractivity contribution in [1.82, 2.24) is 14.5 Å². The molecular formula is C17H18N4. The Hall–Kier alpha value is -2.62. The van der Waals surface area contributed by atoms with Crippen molar-refractivity contribution in [3.8, 4) is 0 Å². The van der Waals surface area contributed by atoms with Crippen LogP contribution in [0.25, 0.3) is 0 Å². The second kappa shape index (κ2) is 6.22. The molecule has 0 radical (unpaired) electrons. The maximum absolute atomic E-state index is 4.17. The van der Waals surface area contributed by atoms with E-state index in [1.54, 1.807) is 6.20 Å². The van der Waals surface area contributed by atoms with Crippen molar-refractivity contribution >= 4 is 5.69 Å². The fourth-order valence-electron chi connectivity index (χ4n) is 2.25. The fourth-order valence-corrected chi connectivity index (χ4v) is 2.25. The number of rotatable bonds is 5. The zero-order chi connectivity index (χ0) is 14.5. The molecule has 0 saturated carbocycles. The van der Waals surface area contributed by atoms with Gasteiger partial charge in [0.1, 0.15) is 0 Å². The minimum absolute atomic E-state index is 0.786. The summed E-state index contributed by atoms with van der Waals surface area (Å²) in [5, 5.41) is 3.46. The quantitative estimate of drug-likeness (QED) is 0.779. The lowest BCUT2D eigenvalue weighted by Gasteiger charge is -2.10. The average molecular weight is 278 g/mol. The molecule has 2 aromatic heterocycles. The summed E-state index contributed by atoms with van der Waals surface area (Å²) in [5.74, 6) is 0. The first-order valence-corrected chi connectivity index (χ1v) is 6.99. The highest BCUT2D eigenvalue weighted by Gasteiger charge is 2.00. The van der Waals surface area contributed by atoms with Gasteiger partial charge in [0.15, 0.2) is 0 Å². The molecule has 0 saturated heterocycles. The third-order valence-electron chi connectivity index (χ3n) is 3.48. The Kier molecular flexibility index (Phi) is 3.96. The van der Waals surface area contributed by atoms with Crippen LogP contribution in [0.4, 0.5) is 5.69 Å². The van der Waals surface area contributed by atoms with Crippen molar-refractivity contribution in [3.63, 3.8) is 0 Å². The van der Waals surface area contributed by atoms with Gasteiger partial charge in [-0.2, -0.15) is 0 Å². The molecule has 0 spiro atoms. The smallest absolute Gasteiger partial charge is 0.0949 e. The number of anilines is 1. The number of imidazole rings is 1. The highest BCUT2D eigenvalue weighted by molar-refractivity contribution is 5.46. The fraction of sp³-hybridized carbons (Fsp3) is 0.176. The van der Waals surface area contributed by atoms with Gasteiger partial charge in [-0.1, -0.05) is 12.1 Å². The van der Waals surface area contributed by atoms with Crippen molar-refractivity contribution in [2.75, 3.05) is 5.32 Å². The summed E-state index contributed by atoms with van der Waals surface area (Å²) >= 11 is 0. The van der Waals surface area contributed by atoms with Crippen LogP contribution < -0.4 is 5.32 Å². The van der Waals surface area contributed by atoms with Crippen LogP contribution in [-0.4, -0.2) is 14.5 Å². The Balaban J connectivity index is 1.67. The van der Waals surface area contributed by atoms with Crippen LogP contribution in [0.3, 0.4) is 0 Å². The first kappa shape index (κ1) is 13.4. The maximum atomic E-state index is 4.17. The van der Waals surface area contributed by atoms with E-state index in [0.717, 1.165) is 18.8 Å². The van der Waals surface area contributed by atoms with E-state index in [9.17, 15) is 0 Å². The lowest BCUT2D eigenvalue weighted by molar-refractivity contribution is 0.797. The molecule has 1 N–H and O–H groups in total. The maximum Gasteiger partial charge on any atom is 0.0949 e. The van der Waals surface area contributed by atoms with Gasteiger partial charge in [-0.05, 0) is 41.8 Å². The molecule has 106 valence electrons. The molecule has 0 fully saturated rings. The van der Waals surface area contributed by atoms with Crippen molar-refractivity contribution in [2.45, 2.75) is 20.0 Å². The van der Waals surface area contributed by atoms with E-state index in [4.69, 9.17) is 0 Å². The summed E-state index contributed by atoms with van der Waals surface area (Å²) in [4.78, 5) is 8.24. The van der Waals surface area contributed by atoms with Crippen molar-refractivity contribution in [2.24, 2.45) is 0 Å². The van der Waals surface area contributed by atoms with Gasteiger partial charge < -0.3 is 9.88 Å². The van der Waals surface area contributed by atoms with Gasteiger partial charge in [0, 0.05) is 43.6 Å². The molecule has 0 aliphatic rings. The number of aryl methyl sites for hydroxylation is 1. The van der Waals surface area contributed by atoms with Crippen LogP contribution in [0.1, 0.15) is 16.7 Å². The predicted octanol–water partition coefficient (Wildman–Crippen LogP) is 3.25. The summed E-state index contributed by atoms with van der Waals surface area (Å²) < 4.78 is 2.06. The SMILES string of the molecule is Cc1ccncc1CNc1cccc(Cn2ccnc2)c1. The highest BCUT2D eigenvalue weighted by atomic mass is 15.0. The van der Waals surface area contributed by atoms with Gasteiger partial charge in [0.25, 0.3) is 0 Å². The minimum Gasteiger partial charge on any atom is -0.381 e. The van der Waals surface area contributed by atoms with Crippen LogP contribution >= 0.6 is 0 Å². The highest BCUT2D eigenvalue weighted by Crippen LogP contribution is 2.14. The number of pyridine rings is 1. The van der Waals surface area contributed by atoms with Crippen molar-refractivity contribution in [1.29, 1.82) is 0 Å². The molecule has 0 aliphatic carbocycles. The van der Waals surface area contributed by atoms with Gasteiger partial charge in [0.2, 0.25) is 0 Å². The van der Waals surface area contributed by atoms with E-state index in [0.29, 0.717) is 0 Å². The van der Waals surface area contributed by atoms with E-state index in [1.807, 2.05) is 31.0 Å². The zero-order valence-corrected chi connectivity index (χ0v) is 12.0. The summed E-state index contributed by atoms with van der Waals surface area (Å²) in [6, 6.07) is 10.5. The molecule has 0 amide bonds. The van der Waals surface area contributed by atoms with Crippen LogP contribution in [0, 0.1) is 6.92 Å². The molecule has 4 heteroatoms. The third-order valence-corrected chi connectivity index (χ3v) is 3.48. The number of nitrogens with one attached hydrogen (secondary N) is 1. The van der Waals surface area contributed by atoms with E-state index in [2.05, 4.69) is 51.0 Å². The van der Waals surface area contributed by atoms with E-state index < -0.39 is 0 Å². The molecule has 0 aliphatic heterocycles. The summed E-state index contributed by atoms with van der Waals surface area (Å²) in [5.41, 5.74) is 4.85. The second-order valence-corrected chi connectivity index (χ2v) is 5.09. The largest absolute Gasteiger partial charge is 0.381 e. The first-order valence-electron chi connectivity index (χ1n) is 6.99. The summed E-state index contributed by atoms with van der Waals surface area (Å²) in [6.45, 7) is 3.73. The molecule has 0 atom stereocenters. The second-order valence-electron chi connectivity index (χ2n) is 5.09. The van der Waals surface area contributed by atoms with Gasteiger partial charge in [-0.15, -0.1) is 0 Å². The average Bonchev–Trinajstić information content (AvgIpc) is 3.00. The number of benzene rings is 1. The minimum atomic E-state index is 0.786. The van der Waals surface area contributed by atoms with Crippen molar-refractivity contribution < 1.29 is 0 Å². The topological polar surface area (TPSA) is 42.7 Å². The molecule has 3 rings (SSSR count). The van der Waals surface area contributed by atoms with Crippen LogP contribution in [0.15, 0.2) is 61.4 Å². The third kappa shape index (κ3) is 3.48. The first-order chi connectivity index (χ1) is 10.3. The van der Waals surface area contributed by atoms with Crippen LogP contribution in [0.2, 0.25) is 0 Å². The Morgan fingerprint density at radius 2 is 2.10 bits per heavy atom. The summed E-state index contributed by atoms with van der Waals surface area (Å²) in [7, 11) is 0. The van der Waals surface area contributed by atoms with E-state index >= 15 is 0 Å². The molecule has 1 aromatic carbocycles. The van der Waals surface area contributed by atoms with Gasteiger partial charge in [-0.25, -0.2) is 4.98 Å². The summed E-state index contributed by atoms with van der Waals surface area (Å²) in [6.07, 6.45) is 9.34. The van der Waals surface area contributed by atoms with Crippen LogP contribution in [-0.2, 0) is 13.1 Å². The van der Waals surface area contributed by atoms with Crippen LogP contribution in [0.5, 0.6) is 0 Å². The molecule has 21 heavy (non-hydrogen) atoms. The Morgan fingerprint density at radius 1 is 1.14 bits per heavy atom. The lowest BCUT2D eigenvalue weighted by Crippen LogP contribution is -2.03.